The zero-order valence-corrected chi connectivity index (χ0v) is 10.1. The molecule has 2 rings (SSSR count). The number of nitrogens with zero attached hydrogens (tertiary/aromatic N) is 2. The summed E-state index contributed by atoms with van der Waals surface area (Å²) in [7, 11) is 3.10. The first-order chi connectivity index (χ1) is 8.74. The topological polar surface area (TPSA) is 65.4 Å². The smallest absolute Gasteiger partial charge is 0.331 e. The monoisotopic (exact) mass is 247 g/mol. The first kappa shape index (κ1) is 12.0. The first-order valence-electron chi connectivity index (χ1n) is 5.26. The molecule has 0 bridgehead atoms. The Labute approximate surface area is 104 Å². The Bertz CT molecular complexity index is 538. The number of anilines is 1. The van der Waals surface area contributed by atoms with Crippen LogP contribution in [0.2, 0.25) is 0 Å². The molecule has 0 spiro atoms. The maximum absolute atomic E-state index is 11.8. The lowest BCUT2D eigenvalue weighted by Crippen LogP contribution is -2.18. The molecule has 1 aromatic carbocycles. The van der Waals surface area contributed by atoms with Crippen molar-refractivity contribution in [2.75, 3.05) is 19.5 Å². The predicted octanol–water partition coefficient (Wildman–Crippen LogP) is 1.98. The van der Waals surface area contributed by atoms with Gasteiger partial charge < -0.3 is 14.8 Å². The van der Waals surface area contributed by atoms with Gasteiger partial charge in [-0.3, -0.25) is 4.57 Å². The van der Waals surface area contributed by atoms with Crippen LogP contribution in [-0.4, -0.2) is 29.8 Å². The molecule has 1 amide bonds. The number of benzene rings is 1. The molecule has 0 aliphatic heterocycles. The van der Waals surface area contributed by atoms with Gasteiger partial charge in [-0.1, -0.05) is 0 Å². The second kappa shape index (κ2) is 5.22. The van der Waals surface area contributed by atoms with E-state index in [4.69, 9.17) is 9.47 Å². The Kier molecular flexibility index (Phi) is 3.47. The molecule has 1 heterocycles. The molecule has 0 atom stereocenters. The molecule has 0 radical (unpaired) electrons. The van der Waals surface area contributed by atoms with Crippen molar-refractivity contribution >= 4 is 11.7 Å². The van der Waals surface area contributed by atoms with E-state index >= 15 is 0 Å². The second-order valence-electron chi connectivity index (χ2n) is 3.47. The maximum Gasteiger partial charge on any atom is 0.331 e. The van der Waals surface area contributed by atoms with Crippen LogP contribution in [0.3, 0.4) is 0 Å². The van der Waals surface area contributed by atoms with Crippen molar-refractivity contribution in [3.8, 4) is 11.5 Å². The number of aromatic nitrogens is 2. The standard InChI is InChI=1S/C12H13N3O3/c1-17-9-3-4-10(11(7-9)18-2)14-12(16)15-6-5-13-8-15/h3-8H,1-2H3,(H,14,16). The lowest BCUT2D eigenvalue weighted by molar-refractivity contribution is 0.253. The van der Waals surface area contributed by atoms with Crippen LogP contribution in [0.25, 0.3) is 0 Å². The summed E-state index contributed by atoms with van der Waals surface area (Å²) in [6.45, 7) is 0. The first-order valence-corrected chi connectivity index (χ1v) is 5.26. The highest BCUT2D eigenvalue weighted by Crippen LogP contribution is 2.28. The Morgan fingerprint density at radius 2 is 2.17 bits per heavy atom. The number of rotatable bonds is 3. The molecule has 0 fully saturated rings. The second-order valence-corrected chi connectivity index (χ2v) is 3.47. The van der Waals surface area contributed by atoms with Gasteiger partial charge in [-0.2, -0.15) is 0 Å². The molecule has 0 saturated heterocycles. The summed E-state index contributed by atoms with van der Waals surface area (Å²) in [5, 5.41) is 2.72. The zero-order chi connectivity index (χ0) is 13.0. The number of hydrogen-bond acceptors (Lipinski definition) is 4. The van der Waals surface area contributed by atoms with Gasteiger partial charge in [-0.25, -0.2) is 9.78 Å². The lowest BCUT2D eigenvalue weighted by Gasteiger charge is -2.11. The van der Waals surface area contributed by atoms with E-state index in [1.807, 2.05) is 0 Å². The van der Waals surface area contributed by atoms with Gasteiger partial charge in [0.05, 0.1) is 19.9 Å². The number of imidazole rings is 1. The third kappa shape index (κ3) is 2.42. The summed E-state index contributed by atoms with van der Waals surface area (Å²) < 4.78 is 11.6. The van der Waals surface area contributed by atoms with E-state index in [1.54, 1.807) is 31.5 Å². The fraction of sp³-hybridized carbons (Fsp3) is 0.167. The van der Waals surface area contributed by atoms with Gasteiger partial charge in [0.25, 0.3) is 0 Å². The van der Waals surface area contributed by atoms with Crippen molar-refractivity contribution in [1.82, 2.24) is 9.55 Å². The van der Waals surface area contributed by atoms with Crippen LogP contribution in [0.1, 0.15) is 0 Å². The molecule has 1 aromatic heterocycles. The Hall–Kier alpha value is -2.50. The van der Waals surface area contributed by atoms with Crippen LogP contribution in [0, 0.1) is 0 Å². The average Bonchev–Trinajstić information content (AvgIpc) is 2.93. The van der Waals surface area contributed by atoms with E-state index in [-0.39, 0.29) is 6.03 Å². The van der Waals surface area contributed by atoms with E-state index in [0.29, 0.717) is 17.2 Å². The minimum absolute atomic E-state index is 0.309. The fourth-order valence-electron chi connectivity index (χ4n) is 1.46. The average molecular weight is 247 g/mol. The highest BCUT2D eigenvalue weighted by molar-refractivity contribution is 5.92. The van der Waals surface area contributed by atoms with Crippen LogP contribution in [0.15, 0.2) is 36.9 Å². The number of carbonyl (C=O) groups is 1. The number of carbonyl (C=O) groups excluding carboxylic acids is 1. The number of amides is 1. The number of ether oxygens (including phenoxy) is 2. The molecule has 0 aliphatic carbocycles. The summed E-state index contributed by atoms with van der Waals surface area (Å²) in [4.78, 5) is 15.6. The van der Waals surface area contributed by atoms with Crippen molar-refractivity contribution in [1.29, 1.82) is 0 Å². The number of nitrogens with one attached hydrogen (secondary N) is 1. The third-order valence-electron chi connectivity index (χ3n) is 2.39. The van der Waals surface area contributed by atoms with Crippen molar-refractivity contribution < 1.29 is 14.3 Å². The van der Waals surface area contributed by atoms with E-state index in [1.165, 1.54) is 24.2 Å². The van der Waals surface area contributed by atoms with Gasteiger partial charge >= 0.3 is 6.03 Å². The molecule has 6 heteroatoms. The quantitative estimate of drug-likeness (QED) is 0.900. The molecule has 0 aliphatic rings. The lowest BCUT2D eigenvalue weighted by atomic mass is 10.2. The van der Waals surface area contributed by atoms with Gasteiger partial charge in [0.15, 0.2) is 0 Å². The zero-order valence-electron chi connectivity index (χ0n) is 10.1. The van der Waals surface area contributed by atoms with E-state index in [9.17, 15) is 4.79 Å². The van der Waals surface area contributed by atoms with Crippen molar-refractivity contribution in [3.63, 3.8) is 0 Å². The van der Waals surface area contributed by atoms with Crippen LogP contribution in [0.4, 0.5) is 10.5 Å². The van der Waals surface area contributed by atoms with Crippen LogP contribution < -0.4 is 14.8 Å². The maximum atomic E-state index is 11.8. The molecule has 0 saturated carbocycles. The number of methoxy groups -OCH3 is 2. The summed E-state index contributed by atoms with van der Waals surface area (Å²) in [5.41, 5.74) is 0.567. The van der Waals surface area contributed by atoms with Crippen LogP contribution in [-0.2, 0) is 0 Å². The van der Waals surface area contributed by atoms with Gasteiger partial charge in [0.2, 0.25) is 0 Å². The highest BCUT2D eigenvalue weighted by Gasteiger charge is 2.09. The Morgan fingerprint density at radius 3 is 2.78 bits per heavy atom. The van der Waals surface area contributed by atoms with E-state index in [0.717, 1.165) is 0 Å². The highest BCUT2D eigenvalue weighted by atomic mass is 16.5. The SMILES string of the molecule is COc1ccc(NC(=O)n2ccnc2)c(OC)c1. The van der Waals surface area contributed by atoms with E-state index in [2.05, 4.69) is 10.3 Å². The minimum Gasteiger partial charge on any atom is -0.497 e. The van der Waals surface area contributed by atoms with E-state index < -0.39 is 0 Å². The van der Waals surface area contributed by atoms with Gasteiger partial charge in [0, 0.05) is 18.5 Å². The molecular formula is C12H13N3O3. The summed E-state index contributed by atoms with van der Waals surface area (Å²) >= 11 is 0. The van der Waals surface area contributed by atoms with Crippen LogP contribution >= 0.6 is 0 Å². The van der Waals surface area contributed by atoms with Gasteiger partial charge in [-0.15, -0.1) is 0 Å². The summed E-state index contributed by atoms with van der Waals surface area (Å²) in [6.07, 6.45) is 4.52. The van der Waals surface area contributed by atoms with Crippen molar-refractivity contribution in [3.05, 3.63) is 36.9 Å². The van der Waals surface area contributed by atoms with Crippen LogP contribution in [0.5, 0.6) is 11.5 Å². The molecule has 1 N–H and O–H groups in total. The van der Waals surface area contributed by atoms with Crippen molar-refractivity contribution in [2.45, 2.75) is 0 Å². The number of hydrogen-bond donors (Lipinski definition) is 1. The Morgan fingerprint density at radius 1 is 1.33 bits per heavy atom. The molecule has 94 valence electrons. The fourth-order valence-corrected chi connectivity index (χ4v) is 1.46. The largest absolute Gasteiger partial charge is 0.497 e. The predicted molar refractivity (Wildman–Crippen MR) is 66.2 cm³/mol. The molecule has 2 aromatic rings. The third-order valence-corrected chi connectivity index (χ3v) is 2.39. The molecular weight excluding hydrogens is 234 g/mol. The van der Waals surface area contributed by atoms with Gasteiger partial charge in [0.1, 0.15) is 17.8 Å². The van der Waals surface area contributed by atoms with Gasteiger partial charge in [-0.05, 0) is 12.1 Å². The molecule has 0 unspecified atom stereocenters. The minimum atomic E-state index is -0.309. The summed E-state index contributed by atoms with van der Waals surface area (Å²) in [6, 6.07) is 4.85. The van der Waals surface area contributed by atoms with Crippen molar-refractivity contribution in [2.24, 2.45) is 0 Å². The molecule has 6 nitrogen and oxygen atoms in total. The molecule has 18 heavy (non-hydrogen) atoms. The summed E-state index contributed by atoms with van der Waals surface area (Å²) in [5.74, 6) is 1.19. The Balaban J connectivity index is 2.21. The normalized spacial score (nSPS) is 9.89.